The predicted octanol–water partition coefficient (Wildman–Crippen LogP) is 1.67. The molecule has 0 aliphatic rings. The van der Waals surface area contributed by atoms with E-state index in [1.54, 1.807) is 6.92 Å². The van der Waals surface area contributed by atoms with Crippen molar-refractivity contribution in [2.24, 2.45) is 0 Å². The van der Waals surface area contributed by atoms with E-state index >= 15 is 0 Å². The zero-order chi connectivity index (χ0) is 12.2. The van der Waals surface area contributed by atoms with Crippen molar-refractivity contribution in [3.05, 3.63) is 24.3 Å². The molecular formula is C9H11NO4S2. The van der Waals surface area contributed by atoms with Crippen LogP contribution in [0.2, 0.25) is 0 Å². The van der Waals surface area contributed by atoms with Gasteiger partial charge >= 0.3 is 0 Å². The molecule has 0 aliphatic heterocycles. The van der Waals surface area contributed by atoms with E-state index in [2.05, 4.69) is 5.32 Å². The number of hydrogen-bond acceptors (Lipinski definition) is 4. The second kappa shape index (κ2) is 5.24. The quantitative estimate of drug-likeness (QED) is 0.636. The molecule has 1 rings (SSSR count). The van der Waals surface area contributed by atoms with E-state index in [0.29, 0.717) is 12.3 Å². The normalized spacial score (nSPS) is 10.9. The standard InChI is InChI=1S/C9H11NO4S2/c1-2-14-9(15)10-7-3-5-8(6-4-7)16(11,12)13/h3-6H,2H2,1H3,(H,10,15)(H,11,12,13). The SMILES string of the molecule is CCOC(=S)Nc1ccc(S(=O)(=O)O)cc1. The molecule has 7 heteroatoms. The molecule has 5 nitrogen and oxygen atoms in total. The van der Waals surface area contributed by atoms with Gasteiger partial charge in [-0.05, 0) is 43.4 Å². The van der Waals surface area contributed by atoms with Crippen LogP contribution in [0.1, 0.15) is 6.92 Å². The summed E-state index contributed by atoms with van der Waals surface area (Å²) in [7, 11) is -4.15. The molecule has 0 bridgehead atoms. The van der Waals surface area contributed by atoms with Gasteiger partial charge in [0.15, 0.2) is 0 Å². The summed E-state index contributed by atoms with van der Waals surface area (Å²) in [5.41, 5.74) is 0.589. The summed E-state index contributed by atoms with van der Waals surface area (Å²) in [5.74, 6) is 0. The number of ether oxygens (including phenoxy) is 1. The minimum Gasteiger partial charge on any atom is -0.471 e. The maximum absolute atomic E-state index is 10.8. The third kappa shape index (κ3) is 3.76. The summed E-state index contributed by atoms with van der Waals surface area (Å²) in [5, 5.41) is 2.96. The Morgan fingerprint density at radius 3 is 2.44 bits per heavy atom. The molecule has 0 aromatic heterocycles. The van der Waals surface area contributed by atoms with Crippen LogP contribution in [0, 0.1) is 0 Å². The van der Waals surface area contributed by atoms with E-state index in [-0.39, 0.29) is 10.1 Å². The summed E-state index contributed by atoms with van der Waals surface area (Å²) >= 11 is 4.84. The predicted molar refractivity (Wildman–Crippen MR) is 64.1 cm³/mol. The van der Waals surface area contributed by atoms with E-state index in [0.717, 1.165) is 0 Å². The number of hydrogen-bond donors (Lipinski definition) is 2. The van der Waals surface area contributed by atoms with Crippen molar-refractivity contribution in [2.75, 3.05) is 11.9 Å². The number of nitrogens with one attached hydrogen (secondary N) is 1. The van der Waals surface area contributed by atoms with Crippen LogP contribution in [0.5, 0.6) is 0 Å². The van der Waals surface area contributed by atoms with Crippen molar-refractivity contribution < 1.29 is 17.7 Å². The average molecular weight is 261 g/mol. The Morgan fingerprint density at radius 2 is 2.00 bits per heavy atom. The van der Waals surface area contributed by atoms with Crippen LogP contribution in [0.3, 0.4) is 0 Å². The van der Waals surface area contributed by atoms with Crippen molar-refractivity contribution in [1.82, 2.24) is 0 Å². The first kappa shape index (κ1) is 12.9. The summed E-state index contributed by atoms with van der Waals surface area (Å²) in [6.07, 6.45) is 0. The number of rotatable bonds is 3. The van der Waals surface area contributed by atoms with Crippen molar-refractivity contribution in [2.45, 2.75) is 11.8 Å². The molecule has 1 aromatic rings. The van der Waals surface area contributed by atoms with Gasteiger partial charge in [-0.2, -0.15) is 8.42 Å². The molecule has 0 saturated heterocycles. The number of benzene rings is 1. The van der Waals surface area contributed by atoms with Gasteiger partial charge in [-0.1, -0.05) is 0 Å². The second-order valence-corrected chi connectivity index (χ2v) is 4.64. The van der Waals surface area contributed by atoms with E-state index in [4.69, 9.17) is 21.5 Å². The molecule has 0 saturated carbocycles. The average Bonchev–Trinajstić information content (AvgIpc) is 2.17. The fourth-order valence-electron chi connectivity index (χ4n) is 0.995. The van der Waals surface area contributed by atoms with Gasteiger partial charge in [-0.25, -0.2) is 0 Å². The Balaban J connectivity index is 2.76. The molecule has 2 N–H and O–H groups in total. The van der Waals surface area contributed by atoms with Crippen LogP contribution in [0.25, 0.3) is 0 Å². The molecule has 0 unspecified atom stereocenters. The van der Waals surface area contributed by atoms with Crippen LogP contribution in [-0.4, -0.2) is 24.8 Å². The fraction of sp³-hybridized carbons (Fsp3) is 0.222. The zero-order valence-electron chi connectivity index (χ0n) is 8.50. The maximum atomic E-state index is 10.8. The monoisotopic (exact) mass is 261 g/mol. The Labute approximate surface area is 99.2 Å². The summed E-state index contributed by atoms with van der Waals surface area (Å²) in [6.45, 7) is 2.25. The van der Waals surface area contributed by atoms with Crippen LogP contribution in [0.15, 0.2) is 29.2 Å². The van der Waals surface area contributed by atoms with E-state index in [9.17, 15) is 8.42 Å². The van der Waals surface area contributed by atoms with Gasteiger partial charge in [0.2, 0.25) is 0 Å². The first-order valence-electron chi connectivity index (χ1n) is 4.45. The van der Waals surface area contributed by atoms with Gasteiger partial charge in [0.1, 0.15) is 0 Å². The Morgan fingerprint density at radius 1 is 1.44 bits per heavy atom. The highest BCUT2D eigenvalue weighted by molar-refractivity contribution is 7.85. The summed E-state index contributed by atoms with van der Waals surface area (Å²) < 4.78 is 35.3. The Kier molecular flexibility index (Phi) is 4.22. The van der Waals surface area contributed by atoms with Crippen molar-refractivity contribution in [3.8, 4) is 0 Å². The van der Waals surface area contributed by atoms with Crippen LogP contribution in [-0.2, 0) is 14.9 Å². The first-order chi connectivity index (χ1) is 7.43. The Hall–Kier alpha value is -1.18. The molecule has 1 aromatic carbocycles. The highest BCUT2D eigenvalue weighted by Crippen LogP contribution is 2.13. The fourth-order valence-corrected chi connectivity index (χ4v) is 1.71. The number of thiocarbonyl (C=S) groups is 1. The van der Waals surface area contributed by atoms with E-state index in [1.165, 1.54) is 24.3 Å². The maximum Gasteiger partial charge on any atom is 0.294 e. The summed E-state index contributed by atoms with van der Waals surface area (Å²) in [6, 6.07) is 5.50. The lowest BCUT2D eigenvalue weighted by Crippen LogP contribution is -2.12. The van der Waals surface area contributed by atoms with Gasteiger partial charge in [0.25, 0.3) is 15.3 Å². The molecule has 0 spiro atoms. The van der Waals surface area contributed by atoms with Gasteiger partial charge < -0.3 is 10.1 Å². The minimum absolute atomic E-state index is 0.166. The zero-order valence-corrected chi connectivity index (χ0v) is 10.1. The second-order valence-electron chi connectivity index (χ2n) is 2.84. The molecule has 0 fully saturated rings. The van der Waals surface area contributed by atoms with E-state index in [1.807, 2.05) is 0 Å². The largest absolute Gasteiger partial charge is 0.471 e. The highest BCUT2D eigenvalue weighted by atomic mass is 32.2. The molecule has 0 radical (unpaired) electrons. The third-order valence-electron chi connectivity index (χ3n) is 1.67. The number of anilines is 1. The molecule has 0 aliphatic carbocycles. The van der Waals surface area contributed by atoms with Gasteiger partial charge in [-0.3, -0.25) is 4.55 Å². The topological polar surface area (TPSA) is 75.6 Å². The summed E-state index contributed by atoms with van der Waals surface area (Å²) in [4.78, 5) is -0.166. The molecule has 0 amide bonds. The van der Waals surface area contributed by atoms with Crippen LogP contribution in [0.4, 0.5) is 5.69 Å². The molecule has 0 atom stereocenters. The van der Waals surface area contributed by atoms with Crippen molar-refractivity contribution in [1.29, 1.82) is 0 Å². The van der Waals surface area contributed by atoms with Crippen molar-refractivity contribution in [3.63, 3.8) is 0 Å². The molecular weight excluding hydrogens is 250 g/mol. The lowest BCUT2D eigenvalue weighted by molar-refractivity contribution is 0.335. The molecule has 0 heterocycles. The lowest BCUT2D eigenvalue weighted by atomic mass is 10.3. The highest BCUT2D eigenvalue weighted by Gasteiger charge is 2.08. The van der Waals surface area contributed by atoms with Crippen molar-refractivity contribution >= 4 is 33.2 Å². The van der Waals surface area contributed by atoms with Crippen LogP contribution < -0.4 is 5.32 Å². The first-order valence-corrected chi connectivity index (χ1v) is 6.29. The minimum atomic E-state index is -4.15. The third-order valence-corrected chi connectivity index (χ3v) is 2.76. The molecule has 88 valence electrons. The van der Waals surface area contributed by atoms with Gasteiger partial charge in [-0.15, -0.1) is 0 Å². The van der Waals surface area contributed by atoms with Crippen LogP contribution >= 0.6 is 12.2 Å². The van der Waals surface area contributed by atoms with Gasteiger partial charge in [0, 0.05) is 5.69 Å². The Bertz CT molecular complexity index is 467. The van der Waals surface area contributed by atoms with Gasteiger partial charge in [0.05, 0.1) is 11.5 Å². The lowest BCUT2D eigenvalue weighted by Gasteiger charge is -2.07. The molecule has 16 heavy (non-hydrogen) atoms. The smallest absolute Gasteiger partial charge is 0.294 e. The van der Waals surface area contributed by atoms with E-state index < -0.39 is 10.1 Å².